The molecule has 3 aromatic rings. The summed E-state index contributed by atoms with van der Waals surface area (Å²) in [4.78, 5) is 34.6. The third-order valence-corrected chi connectivity index (χ3v) is 3.74. The zero-order valence-corrected chi connectivity index (χ0v) is 12.7. The van der Waals surface area contributed by atoms with Crippen molar-refractivity contribution >= 4 is 45.1 Å². The van der Waals surface area contributed by atoms with E-state index in [0.717, 1.165) is 0 Å². The monoisotopic (exact) mass is 323 g/mol. The van der Waals surface area contributed by atoms with Crippen LogP contribution in [-0.4, -0.2) is 28.1 Å². The minimum absolute atomic E-state index is 0.0725. The van der Waals surface area contributed by atoms with Gasteiger partial charge in [-0.2, -0.15) is 0 Å². The minimum Gasteiger partial charge on any atom is -0.478 e. The number of fused-ring (bicyclic) bond motifs is 2. The van der Waals surface area contributed by atoms with Crippen LogP contribution >= 0.6 is 0 Å². The Morgan fingerprint density at radius 3 is 2.29 bits per heavy atom. The van der Waals surface area contributed by atoms with Gasteiger partial charge in [0.05, 0.1) is 11.1 Å². The van der Waals surface area contributed by atoms with E-state index in [-0.39, 0.29) is 22.4 Å². The van der Waals surface area contributed by atoms with Crippen LogP contribution < -0.4 is 5.32 Å². The maximum Gasteiger partial charge on any atom is 0.336 e. The molecular formula is C18H13NO5. The van der Waals surface area contributed by atoms with Gasteiger partial charge in [0.1, 0.15) is 0 Å². The summed E-state index contributed by atoms with van der Waals surface area (Å²) in [5, 5.41) is 23.4. The van der Waals surface area contributed by atoms with Gasteiger partial charge in [0.2, 0.25) is 5.91 Å². The van der Waals surface area contributed by atoms with E-state index >= 15 is 0 Å². The van der Waals surface area contributed by atoms with Crippen molar-refractivity contribution in [3.05, 3.63) is 53.6 Å². The van der Waals surface area contributed by atoms with Crippen molar-refractivity contribution in [1.82, 2.24) is 0 Å². The Kier molecular flexibility index (Phi) is 3.65. The van der Waals surface area contributed by atoms with Crippen LogP contribution in [0.25, 0.3) is 21.5 Å². The van der Waals surface area contributed by atoms with Crippen molar-refractivity contribution < 1.29 is 24.6 Å². The van der Waals surface area contributed by atoms with Crippen LogP contribution in [0.3, 0.4) is 0 Å². The first-order valence-electron chi connectivity index (χ1n) is 7.12. The van der Waals surface area contributed by atoms with Crippen LogP contribution in [0.5, 0.6) is 0 Å². The first-order valence-corrected chi connectivity index (χ1v) is 7.12. The molecule has 0 aromatic heterocycles. The van der Waals surface area contributed by atoms with Crippen LogP contribution in [-0.2, 0) is 4.79 Å². The summed E-state index contributed by atoms with van der Waals surface area (Å²) >= 11 is 0. The van der Waals surface area contributed by atoms with Crippen LogP contribution in [0.15, 0.2) is 42.5 Å². The molecule has 0 saturated heterocycles. The first-order chi connectivity index (χ1) is 11.4. The lowest BCUT2D eigenvalue weighted by Gasteiger charge is -2.12. The molecule has 6 heteroatoms. The van der Waals surface area contributed by atoms with Crippen molar-refractivity contribution in [2.75, 3.05) is 5.32 Å². The molecule has 0 aliphatic rings. The third-order valence-electron chi connectivity index (χ3n) is 3.74. The Morgan fingerprint density at radius 2 is 1.67 bits per heavy atom. The summed E-state index contributed by atoms with van der Waals surface area (Å²) in [5.74, 6) is -2.70. The number of carboxylic acids is 2. The number of nitrogens with one attached hydrogen (secondary N) is 1. The normalized spacial score (nSPS) is 10.7. The number of amides is 1. The van der Waals surface area contributed by atoms with Crippen molar-refractivity contribution in [3.8, 4) is 0 Å². The standard InChI is InChI=1S/C18H13NO5/c1-9(20)19-12-6-5-10-7-11-3-2-4-13(17(21)22)15(11)16(18(23)24)14(10)8-12/h2-8H,1H3,(H,19,20)(H,21,22)(H,23,24). The largest absolute Gasteiger partial charge is 0.478 e. The minimum atomic E-state index is -1.22. The fourth-order valence-electron chi connectivity index (χ4n) is 2.85. The SMILES string of the molecule is CC(=O)Nc1ccc2cc3cccc(C(=O)O)c3c(C(=O)O)c2c1. The lowest BCUT2D eigenvalue weighted by atomic mass is 9.93. The topological polar surface area (TPSA) is 104 Å². The lowest BCUT2D eigenvalue weighted by Crippen LogP contribution is -2.07. The fraction of sp³-hybridized carbons (Fsp3) is 0.0556. The highest BCUT2D eigenvalue weighted by atomic mass is 16.4. The number of hydrogen-bond acceptors (Lipinski definition) is 3. The second-order valence-corrected chi connectivity index (χ2v) is 5.38. The molecule has 3 aromatic carbocycles. The average molecular weight is 323 g/mol. The maximum atomic E-state index is 11.9. The van der Waals surface area contributed by atoms with Crippen LogP contribution in [0.2, 0.25) is 0 Å². The van der Waals surface area contributed by atoms with Gasteiger partial charge in [-0.25, -0.2) is 9.59 Å². The summed E-state index contributed by atoms with van der Waals surface area (Å²) in [7, 11) is 0. The number of carbonyl (C=O) groups is 3. The first kappa shape index (κ1) is 15.5. The molecule has 3 rings (SSSR count). The summed E-state index contributed by atoms with van der Waals surface area (Å²) in [5.41, 5.74) is 0.286. The molecule has 1 amide bonds. The summed E-state index contributed by atoms with van der Waals surface area (Å²) < 4.78 is 0. The predicted octanol–water partition coefficient (Wildman–Crippen LogP) is 3.35. The van der Waals surface area contributed by atoms with E-state index in [2.05, 4.69) is 5.32 Å². The van der Waals surface area contributed by atoms with Crippen molar-refractivity contribution in [1.29, 1.82) is 0 Å². The van der Waals surface area contributed by atoms with Gasteiger partial charge in [-0.3, -0.25) is 4.79 Å². The van der Waals surface area contributed by atoms with Crippen molar-refractivity contribution in [2.24, 2.45) is 0 Å². The molecule has 0 saturated carbocycles. The summed E-state index contributed by atoms with van der Waals surface area (Å²) in [6.07, 6.45) is 0. The van der Waals surface area contributed by atoms with Gasteiger partial charge < -0.3 is 15.5 Å². The second kappa shape index (κ2) is 5.66. The van der Waals surface area contributed by atoms with E-state index in [4.69, 9.17) is 0 Å². The molecule has 6 nitrogen and oxygen atoms in total. The molecule has 0 spiro atoms. The lowest BCUT2D eigenvalue weighted by molar-refractivity contribution is -0.114. The predicted molar refractivity (Wildman–Crippen MR) is 89.7 cm³/mol. The Hall–Kier alpha value is -3.41. The van der Waals surface area contributed by atoms with Crippen LogP contribution in [0.4, 0.5) is 5.69 Å². The molecular weight excluding hydrogens is 310 g/mol. The molecule has 120 valence electrons. The van der Waals surface area contributed by atoms with E-state index in [0.29, 0.717) is 21.8 Å². The van der Waals surface area contributed by atoms with E-state index < -0.39 is 11.9 Å². The van der Waals surface area contributed by atoms with Gasteiger partial charge in [0, 0.05) is 18.0 Å². The zero-order valence-electron chi connectivity index (χ0n) is 12.7. The van der Waals surface area contributed by atoms with Gasteiger partial charge in [-0.1, -0.05) is 18.2 Å². The Morgan fingerprint density at radius 1 is 0.917 bits per heavy atom. The number of anilines is 1. The second-order valence-electron chi connectivity index (χ2n) is 5.38. The zero-order chi connectivity index (χ0) is 17.4. The number of rotatable bonds is 3. The molecule has 3 N–H and O–H groups in total. The molecule has 0 radical (unpaired) electrons. The average Bonchev–Trinajstić information content (AvgIpc) is 2.51. The molecule has 0 aliphatic carbocycles. The maximum absolute atomic E-state index is 11.9. The van der Waals surface area contributed by atoms with E-state index in [1.54, 1.807) is 30.3 Å². The van der Waals surface area contributed by atoms with Gasteiger partial charge in [-0.05, 0) is 40.4 Å². The number of benzene rings is 3. The van der Waals surface area contributed by atoms with E-state index in [1.165, 1.54) is 19.1 Å². The van der Waals surface area contributed by atoms with Crippen molar-refractivity contribution in [3.63, 3.8) is 0 Å². The van der Waals surface area contributed by atoms with E-state index in [1.807, 2.05) is 0 Å². The van der Waals surface area contributed by atoms with Gasteiger partial charge in [0.15, 0.2) is 0 Å². The smallest absolute Gasteiger partial charge is 0.336 e. The third kappa shape index (κ3) is 2.54. The number of hydrogen-bond donors (Lipinski definition) is 3. The quantitative estimate of drug-likeness (QED) is 0.641. The highest BCUT2D eigenvalue weighted by Gasteiger charge is 2.19. The highest BCUT2D eigenvalue weighted by Crippen LogP contribution is 2.32. The summed E-state index contributed by atoms with van der Waals surface area (Å²) in [6.45, 7) is 1.35. The Bertz CT molecular complexity index is 1020. The van der Waals surface area contributed by atoms with Crippen LogP contribution in [0, 0.1) is 0 Å². The molecule has 24 heavy (non-hydrogen) atoms. The number of carboxylic acid groups (broad SMARTS) is 2. The van der Waals surface area contributed by atoms with Crippen LogP contribution in [0.1, 0.15) is 27.6 Å². The molecule has 0 fully saturated rings. The number of carbonyl (C=O) groups excluding carboxylic acids is 1. The highest BCUT2D eigenvalue weighted by molar-refractivity contribution is 6.21. The molecule has 0 unspecified atom stereocenters. The molecule has 0 bridgehead atoms. The Balaban J connectivity index is 2.47. The molecule has 0 atom stereocenters. The molecule has 0 heterocycles. The summed E-state index contributed by atoms with van der Waals surface area (Å²) in [6, 6.07) is 11.3. The van der Waals surface area contributed by atoms with Gasteiger partial charge in [0.25, 0.3) is 0 Å². The number of aromatic carboxylic acids is 2. The Labute approximate surface area is 136 Å². The van der Waals surface area contributed by atoms with Crippen molar-refractivity contribution in [2.45, 2.75) is 6.92 Å². The van der Waals surface area contributed by atoms with Gasteiger partial charge >= 0.3 is 11.9 Å². The fourth-order valence-corrected chi connectivity index (χ4v) is 2.85. The van der Waals surface area contributed by atoms with Gasteiger partial charge in [-0.15, -0.1) is 0 Å². The molecule has 0 aliphatic heterocycles. The van der Waals surface area contributed by atoms with E-state index in [9.17, 15) is 24.6 Å².